The number of carbonyl (C=O) groups is 1. The highest BCUT2D eigenvalue weighted by atomic mass is 16.6. The fraction of sp³-hybridized carbons (Fsp3) is 0.611. The molecule has 1 aromatic carbocycles. The number of nitro benzene ring substituents is 1. The molecule has 0 saturated heterocycles. The van der Waals surface area contributed by atoms with E-state index in [0.717, 1.165) is 19.3 Å². The summed E-state index contributed by atoms with van der Waals surface area (Å²) in [5.41, 5.74) is 0.0826. The second-order valence-electron chi connectivity index (χ2n) is 7.06. The van der Waals surface area contributed by atoms with E-state index in [-0.39, 0.29) is 23.2 Å². The number of hydrogen-bond acceptors (Lipinski definition) is 4. The number of nitrogens with zero attached hydrogens (tertiary/aromatic N) is 1. The first-order valence-corrected chi connectivity index (χ1v) is 8.46. The predicted molar refractivity (Wildman–Crippen MR) is 93.1 cm³/mol. The first kappa shape index (κ1) is 18.2. The molecule has 1 saturated carbocycles. The fourth-order valence-electron chi connectivity index (χ4n) is 3.62. The van der Waals surface area contributed by atoms with Crippen LogP contribution in [0.1, 0.15) is 40.0 Å². The van der Waals surface area contributed by atoms with Crippen LogP contribution in [0.15, 0.2) is 18.2 Å². The summed E-state index contributed by atoms with van der Waals surface area (Å²) in [7, 11) is 1.45. The van der Waals surface area contributed by atoms with E-state index >= 15 is 0 Å². The second kappa shape index (κ2) is 7.64. The molecule has 3 atom stereocenters. The van der Waals surface area contributed by atoms with Crippen LogP contribution in [0.2, 0.25) is 0 Å². The van der Waals surface area contributed by atoms with Gasteiger partial charge in [-0.05, 0) is 42.7 Å². The van der Waals surface area contributed by atoms with E-state index in [9.17, 15) is 14.9 Å². The number of amides is 1. The minimum atomic E-state index is -0.498. The lowest BCUT2D eigenvalue weighted by Crippen LogP contribution is -2.36. The first-order valence-electron chi connectivity index (χ1n) is 8.46. The highest BCUT2D eigenvalue weighted by Gasteiger charge is 2.36. The van der Waals surface area contributed by atoms with Crippen LogP contribution in [-0.4, -0.2) is 17.9 Å². The number of nitro groups is 1. The Balaban J connectivity index is 2.23. The molecule has 0 aliphatic heterocycles. The monoisotopic (exact) mass is 334 g/mol. The summed E-state index contributed by atoms with van der Waals surface area (Å²) in [6, 6.07) is 4.48. The lowest BCUT2D eigenvalue weighted by atomic mass is 9.70. The van der Waals surface area contributed by atoms with Crippen LogP contribution < -0.4 is 10.1 Å². The fourth-order valence-corrected chi connectivity index (χ4v) is 3.62. The molecule has 1 fully saturated rings. The average molecular weight is 334 g/mol. The topological polar surface area (TPSA) is 81.5 Å². The van der Waals surface area contributed by atoms with Crippen LogP contribution in [0.4, 0.5) is 11.4 Å². The Kier molecular flexibility index (Phi) is 5.80. The van der Waals surface area contributed by atoms with Crippen LogP contribution in [-0.2, 0) is 4.79 Å². The van der Waals surface area contributed by atoms with Crippen molar-refractivity contribution in [3.63, 3.8) is 0 Å². The van der Waals surface area contributed by atoms with Crippen LogP contribution in [0.3, 0.4) is 0 Å². The molecule has 2 rings (SSSR count). The third-order valence-corrected chi connectivity index (χ3v) is 5.02. The van der Waals surface area contributed by atoms with E-state index in [1.807, 2.05) is 0 Å². The maximum Gasteiger partial charge on any atom is 0.296 e. The predicted octanol–water partition coefficient (Wildman–Crippen LogP) is 4.25. The van der Waals surface area contributed by atoms with E-state index < -0.39 is 4.92 Å². The van der Waals surface area contributed by atoms with Gasteiger partial charge in [-0.3, -0.25) is 14.9 Å². The van der Waals surface area contributed by atoms with Crippen LogP contribution in [0.5, 0.6) is 5.75 Å². The summed E-state index contributed by atoms with van der Waals surface area (Å²) in [6.07, 6.45) is 3.00. The number of hydrogen-bond donors (Lipinski definition) is 1. The van der Waals surface area contributed by atoms with Crippen molar-refractivity contribution in [1.29, 1.82) is 0 Å². The number of anilines is 1. The van der Waals surface area contributed by atoms with Crippen molar-refractivity contribution in [2.24, 2.45) is 23.7 Å². The van der Waals surface area contributed by atoms with Crippen molar-refractivity contribution in [2.45, 2.75) is 40.0 Å². The lowest BCUT2D eigenvalue weighted by Gasteiger charge is -2.36. The van der Waals surface area contributed by atoms with Gasteiger partial charge in [0.2, 0.25) is 5.91 Å². The zero-order chi connectivity index (χ0) is 17.9. The van der Waals surface area contributed by atoms with Crippen molar-refractivity contribution in [2.75, 3.05) is 12.4 Å². The van der Waals surface area contributed by atoms with E-state index in [2.05, 4.69) is 26.1 Å². The highest BCUT2D eigenvalue weighted by molar-refractivity contribution is 5.95. The molecule has 0 aromatic heterocycles. The summed E-state index contributed by atoms with van der Waals surface area (Å²) >= 11 is 0. The molecule has 132 valence electrons. The molecule has 0 spiro atoms. The molecule has 0 heterocycles. The van der Waals surface area contributed by atoms with Gasteiger partial charge >= 0.3 is 0 Å². The van der Waals surface area contributed by atoms with Gasteiger partial charge < -0.3 is 10.1 Å². The molecule has 0 bridgehead atoms. The van der Waals surface area contributed by atoms with Crippen molar-refractivity contribution in [1.82, 2.24) is 0 Å². The van der Waals surface area contributed by atoms with Gasteiger partial charge in [-0.2, -0.15) is 0 Å². The molecule has 1 aromatic rings. The third-order valence-electron chi connectivity index (χ3n) is 5.02. The summed E-state index contributed by atoms with van der Waals surface area (Å²) in [4.78, 5) is 23.6. The SMILES string of the molecule is COc1ccc(NC(=O)C2CC(C)CCC2C(C)C)c([N+](=O)[O-])c1. The van der Waals surface area contributed by atoms with Crippen LogP contribution >= 0.6 is 0 Å². The van der Waals surface area contributed by atoms with Crippen molar-refractivity contribution in [3.05, 3.63) is 28.3 Å². The molecule has 3 unspecified atom stereocenters. The van der Waals surface area contributed by atoms with E-state index in [4.69, 9.17) is 4.74 Å². The van der Waals surface area contributed by atoms with Gasteiger partial charge in [-0.15, -0.1) is 0 Å². The zero-order valence-electron chi connectivity index (χ0n) is 14.7. The number of carbonyl (C=O) groups excluding carboxylic acids is 1. The van der Waals surface area contributed by atoms with Crippen LogP contribution in [0, 0.1) is 33.8 Å². The molecule has 1 amide bonds. The van der Waals surface area contributed by atoms with E-state index in [0.29, 0.717) is 23.5 Å². The van der Waals surface area contributed by atoms with Crippen molar-refractivity contribution < 1.29 is 14.5 Å². The lowest BCUT2D eigenvalue weighted by molar-refractivity contribution is -0.384. The summed E-state index contributed by atoms with van der Waals surface area (Å²) in [5, 5.41) is 14.1. The Bertz CT molecular complexity index is 615. The summed E-state index contributed by atoms with van der Waals surface area (Å²) in [6.45, 7) is 6.43. The minimum absolute atomic E-state index is 0.101. The Morgan fingerprint density at radius 2 is 2.08 bits per heavy atom. The second-order valence-corrected chi connectivity index (χ2v) is 7.06. The van der Waals surface area contributed by atoms with Gasteiger partial charge in [0.25, 0.3) is 5.69 Å². The number of rotatable bonds is 5. The van der Waals surface area contributed by atoms with E-state index in [1.54, 1.807) is 6.07 Å². The molecule has 1 N–H and O–H groups in total. The molecule has 1 aliphatic rings. The first-order chi connectivity index (χ1) is 11.3. The molecule has 6 nitrogen and oxygen atoms in total. The standard InChI is InChI=1S/C18H26N2O4/c1-11(2)14-7-5-12(3)9-15(14)18(21)19-16-8-6-13(24-4)10-17(16)20(22)23/h6,8,10-12,14-15H,5,7,9H2,1-4H3,(H,19,21). The molecule has 6 heteroatoms. The van der Waals surface area contributed by atoms with Gasteiger partial charge in [-0.1, -0.05) is 27.2 Å². The normalized spacial score (nSPS) is 23.8. The highest BCUT2D eigenvalue weighted by Crippen LogP contribution is 2.39. The van der Waals surface area contributed by atoms with Crippen molar-refractivity contribution in [3.8, 4) is 5.75 Å². The maximum absolute atomic E-state index is 12.8. The largest absolute Gasteiger partial charge is 0.496 e. The average Bonchev–Trinajstić information content (AvgIpc) is 2.54. The Morgan fingerprint density at radius 3 is 2.67 bits per heavy atom. The number of methoxy groups -OCH3 is 1. The molecule has 0 radical (unpaired) electrons. The Labute approximate surface area is 142 Å². The van der Waals surface area contributed by atoms with Gasteiger partial charge in [-0.25, -0.2) is 0 Å². The van der Waals surface area contributed by atoms with E-state index in [1.165, 1.54) is 19.2 Å². The van der Waals surface area contributed by atoms with Gasteiger partial charge in [0.15, 0.2) is 0 Å². The Hall–Kier alpha value is -2.11. The molecular formula is C18H26N2O4. The number of nitrogens with one attached hydrogen (secondary N) is 1. The van der Waals surface area contributed by atoms with Gasteiger partial charge in [0, 0.05) is 5.92 Å². The summed E-state index contributed by atoms with van der Waals surface area (Å²) < 4.78 is 5.03. The minimum Gasteiger partial charge on any atom is -0.496 e. The number of benzene rings is 1. The molecular weight excluding hydrogens is 308 g/mol. The van der Waals surface area contributed by atoms with Crippen molar-refractivity contribution >= 4 is 17.3 Å². The van der Waals surface area contributed by atoms with Gasteiger partial charge in [0.1, 0.15) is 11.4 Å². The van der Waals surface area contributed by atoms with Crippen LogP contribution in [0.25, 0.3) is 0 Å². The zero-order valence-corrected chi connectivity index (χ0v) is 14.7. The molecule has 24 heavy (non-hydrogen) atoms. The third kappa shape index (κ3) is 4.04. The van der Waals surface area contributed by atoms with Gasteiger partial charge in [0.05, 0.1) is 18.1 Å². The molecule has 1 aliphatic carbocycles. The summed E-state index contributed by atoms with van der Waals surface area (Å²) in [5.74, 6) is 1.41. The smallest absolute Gasteiger partial charge is 0.296 e. The Morgan fingerprint density at radius 1 is 1.38 bits per heavy atom. The quantitative estimate of drug-likeness (QED) is 0.644. The number of ether oxygens (including phenoxy) is 1. The maximum atomic E-state index is 12.8.